The van der Waals surface area contributed by atoms with Gasteiger partial charge in [-0.25, -0.2) is 4.39 Å². The van der Waals surface area contributed by atoms with E-state index in [1.165, 1.54) is 13.0 Å². The van der Waals surface area contributed by atoms with Crippen molar-refractivity contribution in [2.24, 2.45) is 0 Å². The Morgan fingerprint density at radius 2 is 2.33 bits per heavy atom. The van der Waals surface area contributed by atoms with E-state index in [2.05, 4.69) is 15.9 Å². The van der Waals surface area contributed by atoms with Gasteiger partial charge >= 0.3 is 0 Å². The molecule has 0 aliphatic carbocycles. The summed E-state index contributed by atoms with van der Waals surface area (Å²) in [5.41, 5.74) is 0.613. The molecule has 80 valence electrons. The maximum absolute atomic E-state index is 13.2. The molecule has 1 heterocycles. The van der Waals surface area contributed by atoms with Gasteiger partial charge in [0.15, 0.2) is 0 Å². The number of rotatable bonds is 0. The number of carbonyl (C=O) groups is 1. The molecule has 5 heteroatoms. The molecule has 0 bridgehead atoms. The number of ether oxygens (including phenoxy) is 1. The molecule has 1 amide bonds. The quantitative estimate of drug-likeness (QED) is 0.726. The van der Waals surface area contributed by atoms with Crippen LogP contribution in [0.25, 0.3) is 0 Å². The van der Waals surface area contributed by atoms with E-state index in [4.69, 9.17) is 4.74 Å². The summed E-state index contributed by atoms with van der Waals surface area (Å²) in [7, 11) is 0. The number of halogens is 2. The first kappa shape index (κ1) is 10.4. The van der Waals surface area contributed by atoms with Gasteiger partial charge in [-0.2, -0.15) is 0 Å². The molecular weight excluding hydrogens is 265 g/mol. The topological polar surface area (TPSA) is 29.5 Å². The van der Waals surface area contributed by atoms with Gasteiger partial charge in [-0.3, -0.25) is 4.79 Å². The summed E-state index contributed by atoms with van der Waals surface area (Å²) in [4.78, 5) is 12.9. The Labute approximate surface area is 95.0 Å². The first-order chi connectivity index (χ1) is 7.09. The van der Waals surface area contributed by atoms with Gasteiger partial charge in [-0.1, -0.05) is 0 Å². The Hall–Kier alpha value is -1.10. The fraction of sp³-hybridized carbons (Fsp3) is 0.300. The first-order valence-corrected chi connectivity index (χ1v) is 5.29. The zero-order valence-corrected chi connectivity index (χ0v) is 9.67. The molecule has 0 saturated heterocycles. The molecule has 1 aromatic carbocycles. The number of fused-ring (bicyclic) bond motifs is 1. The third kappa shape index (κ3) is 1.84. The van der Waals surface area contributed by atoms with Gasteiger partial charge in [0, 0.05) is 13.0 Å². The van der Waals surface area contributed by atoms with Crippen LogP contribution in [0.3, 0.4) is 0 Å². The molecule has 1 aliphatic heterocycles. The highest BCUT2D eigenvalue weighted by Gasteiger charge is 2.22. The maximum atomic E-state index is 13.2. The van der Waals surface area contributed by atoms with Crippen molar-refractivity contribution in [2.75, 3.05) is 18.1 Å². The average Bonchev–Trinajstić information content (AvgIpc) is 2.18. The molecule has 3 nitrogen and oxygen atoms in total. The Balaban J connectivity index is 2.51. The van der Waals surface area contributed by atoms with Crippen LogP contribution in [0.5, 0.6) is 5.75 Å². The smallest absolute Gasteiger partial charge is 0.224 e. The van der Waals surface area contributed by atoms with Crippen LogP contribution in [-0.4, -0.2) is 19.1 Å². The van der Waals surface area contributed by atoms with E-state index < -0.39 is 0 Å². The lowest BCUT2D eigenvalue weighted by Crippen LogP contribution is -2.36. The van der Waals surface area contributed by atoms with Gasteiger partial charge in [-0.05, 0) is 22.0 Å². The van der Waals surface area contributed by atoms with Crippen molar-refractivity contribution >= 4 is 27.5 Å². The number of nitrogens with zero attached hydrogens (tertiary/aromatic N) is 1. The van der Waals surface area contributed by atoms with Gasteiger partial charge < -0.3 is 9.64 Å². The molecule has 0 radical (unpaired) electrons. The van der Waals surface area contributed by atoms with Crippen molar-refractivity contribution in [3.63, 3.8) is 0 Å². The Kier molecular flexibility index (Phi) is 2.65. The predicted molar refractivity (Wildman–Crippen MR) is 57.6 cm³/mol. The SMILES string of the molecule is CC(=O)N1CCOc2cc(F)c(Br)cc21. The average molecular weight is 274 g/mol. The van der Waals surface area contributed by atoms with Gasteiger partial charge in [0.1, 0.15) is 18.2 Å². The van der Waals surface area contributed by atoms with Crippen LogP contribution in [0.1, 0.15) is 6.92 Å². The minimum absolute atomic E-state index is 0.0712. The van der Waals surface area contributed by atoms with E-state index in [9.17, 15) is 9.18 Å². The van der Waals surface area contributed by atoms with Crippen molar-refractivity contribution in [1.29, 1.82) is 0 Å². The van der Waals surface area contributed by atoms with Crippen molar-refractivity contribution in [1.82, 2.24) is 0 Å². The van der Waals surface area contributed by atoms with Crippen molar-refractivity contribution < 1.29 is 13.9 Å². The van der Waals surface area contributed by atoms with Crippen LogP contribution in [0, 0.1) is 5.82 Å². The molecule has 0 spiro atoms. The van der Waals surface area contributed by atoms with Crippen molar-refractivity contribution in [2.45, 2.75) is 6.92 Å². The molecule has 0 aromatic heterocycles. The normalized spacial score (nSPS) is 14.5. The summed E-state index contributed by atoms with van der Waals surface area (Å²) >= 11 is 3.08. The summed E-state index contributed by atoms with van der Waals surface area (Å²) in [5.74, 6) is -0.0469. The zero-order valence-electron chi connectivity index (χ0n) is 8.09. The number of hydrogen-bond acceptors (Lipinski definition) is 2. The number of anilines is 1. The Morgan fingerprint density at radius 1 is 1.60 bits per heavy atom. The molecule has 0 saturated carbocycles. The standard InChI is InChI=1S/C10H9BrFNO2/c1-6(14)13-2-3-15-10-5-8(12)7(11)4-9(10)13/h4-5H,2-3H2,1H3. The van der Waals surface area contributed by atoms with E-state index in [0.717, 1.165) is 0 Å². The largest absolute Gasteiger partial charge is 0.489 e. The number of benzene rings is 1. The molecule has 0 unspecified atom stereocenters. The summed E-state index contributed by atoms with van der Waals surface area (Å²) in [5, 5.41) is 0. The number of amides is 1. The minimum atomic E-state index is -0.390. The third-order valence-corrected chi connectivity index (χ3v) is 2.85. The van der Waals surface area contributed by atoms with Crippen molar-refractivity contribution in [3.05, 3.63) is 22.4 Å². The fourth-order valence-corrected chi connectivity index (χ4v) is 1.87. The predicted octanol–water partition coefficient (Wildman–Crippen LogP) is 2.33. The highest BCUT2D eigenvalue weighted by atomic mass is 79.9. The second-order valence-electron chi connectivity index (χ2n) is 3.25. The van der Waals surface area contributed by atoms with Gasteiger partial charge in [-0.15, -0.1) is 0 Å². The summed E-state index contributed by atoms with van der Waals surface area (Å²) in [6.07, 6.45) is 0. The fourth-order valence-electron chi connectivity index (χ4n) is 1.54. The van der Waals surface area contributed by atoms with E-state index in [-0.39, 0.29) is 11.7 Å². The lowest BCUT2D eigenvalue weighted by atomic mass is 10.2. The zero-order chi connectivity index (χ0) is 11.0. The second-order valence-corrected chi connectivity index (χ2v) is 4.11. The molecule has 1 aliphatic rings. The van der Waals surface area contributed by atoms with E-state index >= 15 is 0 Å². The highest BCUT2D eigenvalue weighted by Crippen LogP contribution is 2.35. The second kappa shape index (κ2) is 3.81. The van der Waals surface area contributed by atoms with Crippen LogP contribution in [-0.2, 0) is 4.79 Å². The van der Waals surface area contributed by atoms with Crippen molar-refractivity contribution in [3.8, 4) is 5.75 Å². The molecule has 1 aromatic rings. The number of hydrogen-bond donors (Lipinski definition) is 0. The molecule has 2 rings (SSSR count). The molecule has 15 heavy (non-hydrogen) atoms. The minimum Gasteiger partial charge on any atom is -0.489 e. The molecule has 0 N–H and O–H groups in total. The van der Waals surface area contributed by atoms with E-state index in [1.54, 1.807) is 11.0 Å². The van der Waals surface area contributed by atoms with E-state index in [1.807, 2.05) is 0 Å². The summed E-state index contributed by atoms with van der Waals surface area (Å²) < 4.78 is 18.8. The van der Waals surface area contributed by atoms with Crippen LogP contribution in [0.2, 0.25) is 0 Å². The Morgan fingerprint density at radius 3 is 3.00 bits per heavy atom. The number of carbonyl (C=O) groups excluding carboxylic acids is 1. The van der Waals surface area contributed by atoms with Crippen LogP contribution in [0.4, 0.5) is 10.1 Å². The lowest BCUT2D eigenvalue weighted by molar-refractivity contribution is -0.116. The van der Waals surface area contributed by atoms with Gasteiger partial charge in [0.25, 0.3) is 0 Å². The third-order valence-electron chi connectivity index (χ3n) is 2.25. The monoisotopic (exact) mass is 273 g/mol. The maximum Gasteiger partial charge on any atom is 0.224 e. The highest BCUT2D eigenvalue weighted by molar-refractivity contribution is 9.10. The summed E-state index contributed by atoms with van der Waals surface area (Å²) in [6, 6.07) is 2.85. The van der Waals surface area contributed by atoms with Crippen LogP contribution >= 0.6 is 15.9 Å². The molecule has 0 fully saturated rings. The van der Waals surface area contributed by atoms with E-state index in [0.29, 0.717) is 29.1 Å². The lowest BCUT2D eigenvalue weighted by Gasteiger charge is -2.28. The van der Waals surface area contributed by atoms with Gasteiger partial charge in [0.05, 0.1) is 16.7 Å². The van der Waals surface area contributed by atoms with Crippen LogP contribution < -0.4 is 9.64 Å². The summed E-state index contributed by atoms with van der Waals surface area (Å²) in [6.45, 7) is 2.38. The first-order valence-electron chi connectivity index (χ1n) is 4.49. The molecule has 0 atom stereocenters. The van der Waals surface area contributed by atoms with Crippen LogP contribution in [0.15, 0.2) is 16.6 Å². The Bertz CT molecular complexity index is 422. The molecular formula is C10H9BrFNO2. The van der Waals surface area contributed by atoms with Gasteiger partial charge in [0.2, 0.25) is 5.91 Å².